The first-order chi connectivity index (χ1) is 15.2. The normalized spacial score (nSPS) is 11.4. The minimum Gasteiger partial charge on any atom is -0.479 e. The molecule has 7 nitrogen and oxygen atoms in total. The summed E-state index contributed by atoms with van der Waals surface area (Å²) in [6.45, 7) is 3.40. The van der Waals surface area contributed by atoms with Gasteiger partial charge in [0.15, 0.2) is 17.0 Å². The molecule has 0 saturated carbocycles. The van der Waals surface area contributed by atoms with E-state index in [1.54, 1.807) is 49.4 Å². The number of thiocarbonyl (C=S) groups is 1. The van der Waals surface area contributed by atoms with Crippen LogP contribution in [-0.2, 0) is 4.79 Å². The summed E-state index contributed by atoms with van der Waals surface area (Å²) in [5.74, 6) is -0.254. The predicted octanol–water partition coefficient (Wildman–Crippen LogP) is 5.43. The Morgan fingerprint density at radius 1 is 1.09 bits per heavy atom. The Morgan fingerprint density at radius 3 is 2.53 bits per heavy atom. The molecule has 0 aliphatic rings. The Morgan fingerprint density at radius 2 is 1.88 bits per heavy atom. The quantitative estimate of drug-likeness (QED) is 0.398. The van der Waals surface area contributed by atoms with Crippen LogP contribution in [0.25, 0.3) is 0 Å². The van der Waals surface area contributed by atoms with Crippen LogP contribution in [0.15, 0.2) is 59.2 Å². The number of rotatable bonds is 6. The number of ether oxygens (including phenoxy) is 1. The maximum atomic E-state index is 12.4. The number of carbonyl (C=O) groups excluding carboxylic acids is 2. The second-order valence-corrected chi connectivity index (χ2v) is 7.99. The van der Waals surface area contributed by atoms with Gasteiger partial charge in [-0.05, 0) is 80.2 Å². The molecular formula is C22H19Cl2N3O4S. The number of aryl methyl sites for hydroxylation is 1. The first-order valence-corrected chi connectivity index (χ1v) is 10.6. The second kappa shape index (κ2) is 10.5. The number of hydrogen-bond donors (Lipinski definition) is 3. The van der Waals surface area contributed by atoms with E-state index >= 15 is 0 Å². The van der Waals surface area contributed by atoms with Gasteiger partial charge in [0.1, 0.15) is 5.75 Å². The molecule has 10 heteroatoms. The first kappa shape index (κ1) is 23.6. The van der Waals surface area contributed by atoms with E-state index < -0.39 is 12.0 Å². The van der Waals surface area contributed by atoms with Crippen molar-refractivity contribution in [1.82, 2.24) is 5.32 Å². The van der Waals surface area contributed by atoms with Crippen LogP contribution >= 0.6 is 35.4 Å². The third-order valence-electron chi connectivity index (χ3n) is 4.28. The molecule has 3 rings (SSSR count). The van der Waals surface area contributed by atoms with Crippen molar-refractivity contribution in [1.29, 1.82) is 0 Å². The fraction of sp³-hybridized carbons (Fsp3) is 0.136. The highest BCUT2D eigenvalue weighted by molar-refractivity contribution is 7.80. The van der Waals surface area contributed by atoms with Crippen LogP contribution in [0.2, 0.25) is 10.0 Å². The summed E-state index contributed by atoms with van der Waals surface area (Å²) in [6, 6.07) is 13.2. The molecule has 0 unspecified atom stereocenters. The summed E-state index contributed by atoms with van der Waals surface area (Å²) in [4.78, 5) is 24.5. The van der Waals surface area contributed by atoms with Gasteiger partial charge >= 0.3 is 0 Å². The van der Waals surface area contributed by atoms with Gasteiger partial charge in [0, 0.05) is 16.4 Å². The van der Waals surface area contributed by atoms with Crippen molar-refractivity contribution >= 4 is 63.7 Å². The number of furan rings is 1. The van der Waals surface area contributed by atoms with E-state index in [0.29, 0.717) is 27.2 Å². The third-order valence-corrected chi connectivity index (χ3v) is 5.02. The molecule has 0 saturated heterocycles. The summed E-state index contributed by atoms with van der Waals surface area (Å²) in [5.41, 5.74) is 2.05. The molecule has 166 valence electrons. The summed E-state index contributed by atoms with van der Waals surface area (Å²) in [6.07, 6.45) is 0.578. The molecule has 3 N–H and O–H groups in total. The monoisotopic (exact) mass is 491 g/mol. The van der Waals surface area contributed by atoms with Crippen LogP contribution in [0.1, 0.15) is 23.0 Å². The van der Waals surface area contributed by atoms with E-state index in [2.05, 4.69) is 16.0 Å². The van der Waals surface area contributed by atoms with Gasteiger partial charge < -0.3 is 19.8 Å². The van der Waals surface area contributed by atoms with Crippen LogP contribution in [0, 0.1) is 6.92 Å². The van der Waals surface area contributed by atoms with E-state index in [0.717, 1.165) is 5.56 Å². The molecule has 2 aromatic carbocycles. The number of anilines is 2. The molecule has 2 amide bonds. The average Bonchev–Trinajstić information content (AvgIpc) is 3.27. The number of hydrogen-bond acceptors (Lipinski definition) is 5. The zero-order chi connectivity index (χ0) is 23.3. The van der Waals surface area contributed by atoms with Gasteiger partial charge in [-0.2, -0.15) is 0 Å². The van der Waals surface area contributed by atoms with E-state index in [-0.39, 0.29) is 16.8 Å². The standard InChI is InChI=1S/C22H19Cl2N3O4S/c1-12-10-15(6-7-17(12)26-21(29)19-4-3-9-30-19)25-22(32)27-20(28)13(2)31-18-8-5-14(23)11-16(18)24/h3-11,13H,1-2H3,(H,26,29)(H2,25,27,28,32)/t13-/m1/s1. The maximum Gasteiger partial charge on any atom is 0.291 e. The van der Waals surface area contributed by atoms with Gasteiger partial charge in [-0.25, -0.2) is 0 Å². The van der Waals surface area contributed by atoms with Crippen LogP contribution in [0.3, 0.4) is 0 Å². The second-order valence-electron chi connectivity index (χ2n) is 6.74. The predicted molar refractivity (Wildman–Crippen MR) is 129 cm³/mol. The zero-order valence-electron chi connectivity index (χ0n) is 17.1. The number of carbonyl (C=O) groups is 2. The highest BCUT2D eigenvalue weighted by atomic mass is 35.5. The molecule has 0 fully saturated rings. The molecule has 0 aliphatic heterocycles. The van der Waals surface area contributed by atoms with Gasteiger partial charge in [-0.1, -0.05) is 23.2 Å². The lowest BCUT2D eigenvalue weighted by atomic mass is 10.1. The Labute approximate surface area is 200 Å². The molecule has 0 bridgehead atoms. The van der Waals surface area contributed by atoms with Gasteiger partial charge in [0.25, 0.3) is 11.8 Å². The number of benzene rings is 2. The van der Waals surface area contributed by atoms with Crippen LogP contribution in [-0.4, -0.2) is 23.0 Å². The summed E-state index contributed by atoms with van der Waals surface area (Å²) < 4.78 is 10.7. The summed E-state index contributed by atoms with van der Waals surface area (Å²) in [7, 11) is 0. The largest absolute Gasteiger partial charge is 0.479 e. The summed E-state index contributed by atoms with van der Waals surface area (Å²) in [5, 5.41) is 9.13. The van der Waals surface area contributed by atoms with Crippen molar-refractivity contribution in [3.05, 3.63) is 76.2 Å². The molecule has 1 heterocycles. The number of nitrogens with one attached hydrogen (secondary N) is 3. The molecular weight excluding hydrogens is 473 g/mol. The first-order valence-electron chi connectivity index (χ1n) is 9.42. The fourth-order valence-corrected chi connectivity index (χ4v) is 3.34. The van der Waals surface area contributed by atoms with Gasteiger partial charge in [-0.3, -0.25) is 14.9 Å². The van der Waals surface area contributed by atoms with Crippen LogP contribution < -0.4 is 20.7 Å². The van der Waals surface area contributed by atoms with E-state index in [4.69, 9.17) is 44.6 Å². The Bertz CT molecular complexity index is 1150. The Hall–Kier alpha value is -3.07. The van der Waals surface area contributed by atoms with Crippen LogP contribution in [0.5, 0.6) is 5.75 Å². The molecule has 3 aromatic rings. The molecule has 32 heavy (non-hydrogen) atoms. The lowest BCUT2D eigenvalue weighted by Crippen LogP contribution is -2.42. The van der Waals surface area contributed by atoms with Gasteiger partial charge in [-0.15, -0.1) is 0 Å². The van der Waals surface area contributed by atoms with E-state index in [1.165, 1.54) is 12.3 Å². The van der Waals surface area contributed by atoms with Crippen molar-refractivity contribution < 1.29 is 18.7 Å². The topological polar surface area (TPSA) is 92.6 Å². The lowest BCUT2D eigenvalue weighted by molar-refractivity contribution is -0.125. The van der Waals surface area contributed by atoms with Crippen molar-refractivity contribution in [3.8, 4) is 5.75 Å². The van der Waals surface area contributed by atoms with Crippen molar-refractivity contribution in [2.24, 2.45) is 0 Å². The molecule has 0 spiro atoms. The highest BCUT2D eigenvalue weighted by Gasteiger charge is 2.18. The minimum atomic E-state index is -0.852. The van der Waals surface area contributed by atoms with Gasteiger partial charge in [0.05, 0.1) is 11.3 Å². The molecule has 1 atom stereocenters. The average molecular weight is 492 g/mol. The SMILES string of the molecule is Cc1cc(NC(=S)NC(=O)[C@@H](C)Oc2ccc(Cl)cc2Cl)ccc1NC(=O)c1ccco1. The van der Waals surface area contributed by atoms with Crippen molar-refractivity contribution in [2.75, 3.05) is 10.6 Å². The lowest BCUT2D eigenvalue weighted by Gasteiger charge is -2.17. The highest BCUT2D eigenvalue weighted by Crippen LogP contribution is 2.28. The minimum absolute atomic E-state index is 0.0967. The van der Waals surface area contributed by atoms with Crippen molar-refractivity contribution in [3.63, 3.8) is 0 Å². The number of amides is 2. The molecule has 0 radical (unpaired) electrons. The Kier molecular flexibility index (Phi) is 7.74. The van der Waals surface area contributed by atoms with E-state index in [9.17, 15) is 9.59 Å². The van der Waals surface area contributed by atoms with E-state index in [1.807, 2.05) is 6.92 Å². The molecule has 0 aliphatic carbocycles. The Balaban J connectivity index is 1.55. The zero-order valence-corrected chi connectivity index (χ0v) is 19.4. The number of halogens is 2. The summed E-state index contributed by atoms with van der Waals surface area (Å²) >= 11 is 17.1. The maximum absolute atomic E-state index is 12.4. The fourth-order valence-electron chi connectivity index (χ4n) is 2.66. The van der Waals surface area contributed by atoms with Crippen LogP contribution in [0.4, 0.5) is 11.4 Å². The smallest absolute Gasteiger partial charge is 0.291 e. The molecule has 1 aromatic heterocycles. The van der Waals surface area contributed by atoms with Crippen molar-refractivity contribution in [2.45, 2.75) is 20.0 Å². The third kappa shape index (κ3) is 6.23. The van der Waals surface area contributed by atoms with Gasteiger partial charge in [0.2, 0.25) is 0 Å².